The maximum absolute atomic E-state index is 13.4. The van der Waals surface area contributed by atoms with Crippen LogP contribution in [0.2, 0.25) is 0 Å². The molecule has 0 bridgehead atoms. The van der Waals surface area contributed by atoms with Crippen LogP contribution in [-0.2, 0) is 0 Å². The van der Waals surface area contributed by atoms with Crippen LogP contribution >= 0.6 is 0 Å². The fourth-order valence-corrected chi connectivity index (χ4v) is 1.60. The number of pyridine rings is 1. The maximum atomic E-state index is 13.4. The van der Waals surface area contributed by atoms with Gasteiger partial charge in [0, 0.05) is 11.9 Å². The second-order valence-corrected chi connectivity index (χ2v) is 3.38. The van der Waals surface area contributed by atoms with Gasteiger partial charge in [-0.1, -0.05) is 0 Å². The van der Waals surface area contributed by atoms with Crippen molar-refractivity contribution in [3.63, 3.8) is 0 Å². The highest BCUT2D eigenvalue weighted by molar-refractivity contribution is 5.97. The van der Waals surface area contributed by atoms with E-state index in [2.05, 4.69) is 10.3 Å². The number of halogens is 2. The van der Waals surface area contributed by atoms with Gasteiger partial charge in [0.25, 0.3) is 0 Å². The predicted octanol–water partition coefficient (Wildman–Crippen LogP) is 2.53. The van der Waals surface area contributed by atoms with Gasteiger partial charge in [-0.15, -0.1) is 0 Å². The van der Waals surface area contributed by atoms with Crippen molar-refractivity contribution in [1.82, 2.24) is 4.98 Å². The molecule has 0 amide bonds. The minimum Gasteiger partial charge on any atom is -0.396 e. The van der Waals surface area contributed by atoms with E-state index in [1.807, 2.05) is 6.92 Å². The summed E-state index contributed by atoms with van der Waals surface area (Å²) in [5, 5.41) is 3.50. The van der Waals surface area contributed by atoms with Crippen molar-refractivity contribution in [2.24, 2.45) is 0 Å². The van der Waals surface area contributed by atoms with E-state index in [9.17, 15) is 8.78 Å². The number of nitrogens with two attached hydrogens (primary N) is 1. The van der Waals surface area contributed by atoms with Crippen LogP contribution in [0.1, 0.15) is 6.92 Å². The minimum absolute atomic E-state index is 0.00912. The van der Waals surface area contributed by atoms with E-state index >= 15 is 0 Å². The fraction of sp³-hybridized carbons (Fsp3) is 0.182. The Morgan fingerprint density at radius 3 is 2.81 bits per heavy atom. The monoisotopic (exact) mass is 223 g/mol. The van der Waals surface area contributed by atoms with Crippen LogP contribution in [0.5, 0.6) is 0 Å². The van der Waals surface area contributed by atoms with E-state index in [1.54, 1.807) is 0 Å². The lowest BCUT2D eigenvalue weighted by Crippen LogP contribution is -2.03. The quantitative estimate of drug-likeness (QED) is 0.822. The standard InChI is InChI=1S/C11H11F2N3/c1-2-15-10-6-3-4-7(12)9(13)11(6)16-5-8(10)14/h3-5H,2,14H2,1H3,(H,15,16). The Balaban J connectivity index is 2.78. The van der Waals surface area contributed by atoms with Gasteiger partial charge >= 0.3 is 0 Å². The van der Waals surface area contributed by atoms with Gasteiger partial charge in [-0.2, -0.15) is 0 Å². The Kier molecular flexibility index (Phi) is 2.60. The molecule has 16 heavy (non-hydrogen) atoms. The molecular formula is C11H11F2N3. The molecular weight excluding hydrogens is 212 g/mol. The molecule has 0 spiro atoms. The maximum Gasteiger partial charge on any atom is 0.185 e. The average Bonchev–Trinajstić information content (AvgIpc) is 2.27. The van der Waals surface area contributed by atoms with Crippen LogP contribution in [0.25, 0.3) is 10.9 Å². The lowest BCUT2D eigenvalue weighted by Gasteiger charge is -2.10. The van der Waals surface area contributed by atoms with Crippen LogP contribution in [-0.4, -0.2) is 11.5 Å². The normalized spacial score (nSPS) is 10.7. The molecule has 5 heteroatoms. The third kappa shape index (κ3) is 1.54. The molecule has 3 nitrogen and oxygen atoms in total. The van der Waals surface area contributed by atoms with E-state index in [-0.39, 0.29) is 5.52 Å². The van der Waals surface area contributed by atoms with Gasteiger partial charge in [0.15, 0.2) is 11.6 Å². The number of hydrogen-bond donors (Lipinski definition) is 2. The minimum atomic E-state index is -0.948. The molecule has 2 rings (SSSR count). The second-order valence-electron chi connectivity index (χ2n) is 3.38. The van der Waals surface area contributed by atoms with Gasteiger partial charge in [-0.05, 0) is 19.1 Å². The first-order valence-corrected chi connectivity index (χ1v) is 4.91. The van der Waals surface area contributed by atoms with Gasteiger partial charge in [0.1, 0.15) is 5.52 Å². The van der Waals surface area contributed by atoms with Crippen LogP contribution < -0.4 is 11.1 Å². The Morgan fingerprint density at radius 2 is 2.12 bits per heavy atom. The zero-order valence-corrected chi connectivity index (χ0v) is 8.72. The highest BCUT2D eigenvalue weighted by Crippen LogP contribution is 2.29. The molecule has 0 radical (unpaired) electrons. The molecule has 0 unspecified atom stereocenters. The number of benzene rings is 1. The zero-order valence-electron chi connectivity index (χ0n) is 8.72. The molecule has 0 saturated carbocycles. The number of anilines is 2. The van der Waals surface area contributed by atoms with E-state index in [0.717, 1.165) is 6.07 Å². The van der Waals surface area contributed by atoms with Crippen LogP contribution in [0.4, 0.5) is 20.2 Å². The van der Waals surface area contributed by atoms with Crippen molar-refractivity contribution in [2.75, 3.05) is 17.6 Å². The average molecular weight is 223 g/mol. The number of nitrogen functional groups attached to an aromatic ring is 1. The van der Waals surface area contributed by atoms with Gasteiger partial charge in [0.05, 0.1) is 17.6 Å². The van der Waals surface area contributed by atoms with Crippen molar-refractivity contribution in [1.29, 1.82) is 0 Å². The summed E-state index contributed by atoms with van der Waals surface area (Å²) >= 11 is 0. The van der Waals surface area contributed by atoms with Crippen molar-refractivity contribution >= 4 is 22.3 Å². The number of rotatable bonds is 2. The Hall–Kier alpha value is -1.91. The summed E-state index contributed by atoms with van der Waals surface area (Å²) in [7, 11) is 0. The number of aromatic nitrogens is 1. The van der Waals surface area contributed by atoms with Gasteiger partial charge < -0.3 is 11.1 Å². The first-order chi connectivity index (χ1) is 7.65. The van der Waals surface area contributed by atoms with Crippen molar-refractivity contribution in [3.8, 4) is 0 Å². The first kappa shape index (κ1) is 10.6. The highest BCUT2D eigenvalue weighted by Gasteiger charge is 2.12. The fourth-order valence-electron chi connectivity index (χ4n) is 1.60. The Labute approximate surface area is 91.3 Å². The van der Waals surface area contributed by atoms with Gasteiger partial charge in [-0.3, -0.25) is 4.98 Å². The van der Waals surface area contributed by atoms with Crippen LogP contribution in [0, 0.1) is 11.6 Å². The summed E-state index contributed by atoms with van der Waals surface area (Å²) in [6.45, 7) is 2.54. The highest BCUT2D eigenvalue weighted by atomic mass is 19.2. The predicted molar refractivity (Wildman–Crippen MR) is 60.2 cm³/mol. The van der Waals surface area contributed by atoms with Crippen molar-refractivity contribution in [2.45, 2.75) is 6.92 Å². The van der Waals surface area contributed by atoms with E-state index in [1.165, 1.54) is 12.3 Å². The third-order valence-electron chi connectivity index (χ3n) is 2.31. The van der Waals surface area contributed by atoms with E-state index in [4.69, 9.17) is 5.73 Å². The van der Waals surface area contributed by atoms with E-state index < -0.39 is 11.6 Å². The number of nitrogens with zero attached hydrogens (tertiary/aromatic N) is 1. The second kappa shape index (κ2) is 3.92. The number of fused-ring (bicyclic) bond motifs is 1. The Bertz CT molecular complexity index is 540. The summed E-state index contributed by atoms with van der Waals surface area (Å²) in [6.07, 6.45) is 1.32. The molecule has 0 atom stereocenters. The topological polar surface area (TPSA) is 50.9 Å². The number of nitrogens with one attached hydrogen (secondary N) is 1. The lowest BCUT2D eigenvalue weighted by molar-refractivity contribution is 0.515. The third-order valence-corrected chi connectivity index (χ3v) is 2.31. The smallest absolute Gasteiger partial charge is 0.185 e. The number of hydrogen-bond acceptors (Lipinski definition) is 3. The van der Waals surface area contributed by atoms with Gasteiger partial charge in [-0.25, -0.2) is 8.78 Å². The van der Waals surface area contributed by atoms with Crippen LogP contribution in [0.3, 0.4) is 0 Å². The molecule has 0 saturated heterocycles. The molecule has 2 aromatic rings. The lowest BCUT2D eigenvalue weighted by atomic mass is 10.1. The van der Waals surface area contributed by atoms with E-state index in [0.29, 0.717) is 23.3 Å². The molecule has 0 aliphatic rings. The molecule has 1 heterocycles. The molecule has 1 aromatic heterocycles. The summed E-state index contributed by atoms with van der Waals surface area (Å²) in [5.41, 5.74) is 6.72. The zero-order chi connectivity index (χ0) is 11.7. The molecule has 0 aliphatic heterocycles. The summed E-state index contributed by atoms with van der Waals surface area (Å²) in [6, 6.07) is 2.54. The molecule has 0 fully saturated rings. The Morgan fingerprint density at radius 1 is 1.38 bits per heavy atom. The molecule has 84 valence electrons. The molecule has 1 aromatic carbocycles. The largest absolute Gasteiger partial charge is 0.396 e. The summed E-state index contributed by atoms with van der Waals surface area (Å²) < 4.78 is 26.4. The van der Waals surface area contributed by atoms with Crippen molar-refractivity contribution < 1.29 is 8.78 Å². The van der Waals surface area contributed by atoms with Crippen molar-refractivity contribution in [3.05, 3.63) is 30.0 Å². The SMILES string of the molecule is CCNc1c(N)cnc2c(F)c(F)ccc12. The van der Waals surface area contributed by atoms with Crippen LogP contribution in [0.15, 0.2) is 18.3 Å². The first-order valence-electron chi connectivity index (χ1n) is 4.91. The molecule has 3 N–H and O–H groups in total. The van der Waals surface area contributed by atoms with Gasteiger partial charge in [0.2, 0.25) is 0 Å². The summed E-state index contributed by atoms with van der Waals surface area (Å²) in [4.78, 5) is 3.80. The summed E-state index contributed by atoms with van der Waals surface area (Å²) in [5.74, 6) is -1.86. The molecule has 0 aliphatic carbocycles.